The Balaban J connectivity index is 1.87. The van der Waals surface area contributed by atoms with E-state index in [1.165, 1.54) is 0 Å². The Morgan fingerprint density at radius 1 is 1.20 bits per heavy atom. The third-order valence-corrected chi connectivity index (χ3v) is 3.40. The molecule has 0 fully saturated rings. The summed E-state index contributed by atoms with van der Waals surface area (Å²) in [6.45, 7) is 2.10. The Labute approximate surface area is 147 Å². The van der Waals surface area contributed by atoms with E-state index in [-0.39, 0.29) is 6.61 Å². The highest BCUT2D eigenvalue weighted by molar-refractivity contribution is 5.70. The molecule has 0 saturated carbocycles. The third kappa shape index (κ3) is 6.63. The van der Waals surface area contributed by atoms with Crippen LogP contribution in [0.1, 0.15) is 11.3 Å². The van der Waals surface area contributed by atoms with E-state index >= 15 is 0 Å². The number of benzene rings is 1. The van der Waals surface area contributed by atoms with Gasteiger partial charge in [0, 0.05) is 18.7 Å². The molecule has 0 bridgehead atoms. The number of rotatable bonds is 8. The number of aliphatic hydroxyl groups excluding tert-OH is 1. The van der Waals surface area contributed by atoms with Gasteiger partial charge in [0.25, 0.3) is 0 Å². The van der Waals surface area contributed by atoms with Crippen molar-refractivity contribution in [3.8, 4) is 17.6 Å². The minimum absolute atomic E-state index is 0.148. The zero-order valence-corrected chi connectivity index (χ0v) is 14.1. The van der Waals surface area contributed by atoms with Crippen LogP contribution < -0.4 is 10.1 Å². The van der Waals surface area contributed by atoms with Gasteiger partial charge in [-0.25, -0.2) is 4.98 Å². The predicted molar refractivity (Wildman–Crippen MR) is 96.4 cm³/mol. The summed E-state index contributed by atoms with van der Waals surface area (Å²) >= 11 is 0. The molecule has 2 aromatic rings. The third-order valence-electron chi connectivity index (χ3n) is 3.40. The normalized spacial score (nSPS) is 10.0. The Morgan fingerprint density at radius 3 is 2.64 bits per heavy atom. The second-order valence-electron chi connectivity index (χ2n) is 5.34. The number of pyridine rings is 1. The zero-order valence-electron chi connectivity index (χ0n) is 14.1. The highest BCUT2D eigenvalue weighted by Crippen LogP contribution is 2.11. The van der Waals surface area contributed by atoms with E-state index in [0.717, 1.165) is 17.9 Å². The van der Waals surface area contributed by atoms with Crippen LogP contribution in [0.5, 0.6) is 5.75 Å². The molecular formula is C19H21N3O3. The monoisotopic (exact) mass is 339 g/mol. The van der Waals surface area contributed by atoms with Gasteiger partial charge < -0.3 is 20.1 Å². The lowest BCUT2D eigenvalue weighted by atomic mass is 10.2. The molecule has 0 radical (unpaired) electrons. The molecule has 0 spiro atoms. The van der Waals surface area contributed by atoms with Crippen molar-refractivity contribution in [3.05, 3.63) is 53.9 Å². The van der Waals surface area contributed by atoms with Crippen molar-refractivity contribution >= 4 is 12.1 Å². The molecule has 0 aliphatic carbocycles. The van der Waals surface area contributed by atoms with Crippen molar-refractivity contribution < 1.29 is 14.6 Å². The van der Waals surface area contributed by atoms with Gasteiger partial charge in [0.15, 0.2) is 0 Å². The predicted octanol–water partition coefficient (Wildman–Crippen LogP) is 1.35. The number of hydrogen-bond donors (Lipinski definition) is 2. The first-order chi connectivity index (χ1) is 12.2. The molecule has 0 aliphatic rings. The van der Waals surface area contributed by atoms with Crippen LogP contribution in [0.15, 0.2) is 42.6 Å². The number of amides is 1. The quantitative estimate of drug-likeness (QED) is 0.561. The number of likely N-dealkylation sites (N-methyl/N-ethyl adjacent to an activating group) is 1. The summed E-state index contributed by atoms with van der Waals surface area (Å²) in [5.41, 5.74) is 2.12. The Bertz CT molecular complexity index is 718. The molecule has 1 aromatic carbocycles. The Hall–Kier alpha value is -2.88. The van der Waals surface area contributed by atoms with E-state index < -0.39 is 0 Å². The lowest BCUT2D eigenvalue weighted by Crippen LogP contribution is -2.27. The number of carbonyl (C=O) groups is 1. The lowest BCUT2D eigenvalue weighted by Gasteiger charge is -2.15. The van der Waals surface area contributed by atoms with Crippen molar-refractivity contribution in [2.45, 2.75) is 0 Å². The summed E-state index contributed by atoms with van der Waals surface area (Å²) in [5, 5.41) is 11.4. The molecule has 1 amide bonds. The van der Waals surface area contributed by atoms with E-state index in [1.807, 2.05) is 36.2 Å². The average molecular weight is 339 g/mol. The standard InChI is InChI=1S/C19H21N3O3/c1-22(10-12-23)11-13-25-19-8-3-16(4-9-19)2-5-17-6-7-18(14-20-17)21-15-24/h3-4,6-9,14-15,23H,10-13H2,1H3,(H,21,24). The van der Waals surface area contributed by atoms with Gasteiger partial charge in [-0.05, 0) is 49.4 Å². The van der Waals surface area contributed by atoms with Gasteiger partial charge in [0.1, 0.15) is 18.1 Å². The van der Waals surface area contributed by atoms with E-state index in [4.69, 9.17) is 9.84 Å². The summed E-state index contributed by atoms with van der Waals surface area (Å²) in [5.74, 6) is 6.79. The highest BCUT2D eigenvalue weighted by Gasteiger charge is 1.98. The molecule has 6 nitrogen and oxygen atoms in total. The summed E-state index contributed by atoms with van der Waals surface area (Å²) < 4.78 is 5.66. The van der Waals surface area contributed by atoms with Crippen LogP contribution in [0.2, 0.25) is 0 Å². The number of ether oxygens (including phenoxy) is 1. The second kappa shape index (κ2) is 10.1. The first-order valence-corrected chi connectivity index (χ1v) is 7.92. The lowest BCUT2D eigenvalue weighted by molar-refractivity contribution is -0.105. The van der Waals surface area contributed by atoms with Crippen molar-refractivity contribution in [2.75, 3.05) is 38.7 Å². The topological polar surface area (TPSA) is 74.7 Å². The molecule has 130 valence electrons. The van der Waals surface area contributed by atoms with Crippen LogP contribution in [-0.4, -0.2) is 54.8 Å². The fraction of sp³-hybridized carbons (Fsp3) is 0.263. The molecule has 0 aliphatic heterocycles. The van der Waals surface area contributed by atoms with Crippen molar-refractivity contribution in [2.24, 2.45) is 0 Å². The maximum absolute atomic E-state index is 10.3. The van der Waals surface area contributed by atoms with Crippen molar-refractivity contribution in [1.82, 2.24) is 9.88 Å². The molecular weight excluding hydrogens is 318 g/mol. The largest absolute Gasteiger partial charge is 0.492 e. The molecule has 1 aromatic heterocycles. The number of aromatic nitrogens is 1. The number of nitrogens with one attached hydrogen (secondary N) is 1. The van der Waals surface area contributed by atoms with Gasteiger partial charge in [0.2, 0.25) is 6.41 Å². The zero-order chi connectivity index (χ0) is 17.9. The fourth-order valence-corrected chi connectivity index (χ4v) is 1.99. The van der Waals surface area contributed by atoms with Crippen molar-refractivity contribution in [1.29, 1.82) is 0 Å². The number of nitrogens with zero attached hydrogens (tertiary/aromatic N) is 2. The van der Waals surface area contributed by atoms with Gasteiger partial charge >= 0.3 is 0 Å². The maximum Gasteiger partial charge on any atom is 0.211 e. The van der Waals surface area contributed by atoms with E-state index in [0.29, 0.717) is 30.9 Å². The van der Waals surface area contributed by atoms with Gasteiger partial charge in [-0.2, -0.15) is 0 Å². The SMILES string of the molecule is CN(CCO)CCOc1ccc(C#Cc2ccc(NC=O)cn2)cc1. The van der Waals surface area contributed by atoms with Gasteiger partial charge in [0.05, 0.1) is 18.5 Å². The number of aliphatic hydroxyl groups is 1. The molecule has 1 heterocycles. The number of carbonyl (C=O) groups excluding carboxylic acids is 1. The van der Waals surface area contributed by atoms with Crippen LogP contribution in [0.25, 0.3) is 0 Å². The molecule has 2 rings (SSSR count). The van der Waals surface area contributed by atoms with Gasteiger partial charge in [-0.3, -0.25) is 4.79 Å². The maximum atomic E-state index is 10.3. The summed E-state index contributed by atoms with van der Waals surface area (Å²) in [6.07, 6.45) is 2.17. The smallest absolute Gasteiger partial charge is 0.211 e. The second-order valence-corrected chi connectivity index (χ2v) is 5.34. The molecule has 0 unspecified atom stereocenters. The first kappa shape index (κ1) is 18.5. The van der Waals surface area contributed by atoms with Crippen molar-refractivity contribution in [3.63, 3.8) is 0 Å². The van der Waals surface area contributed by atoms with Crippen LogP contribution in [-0.2, 0) is 4.79 Å². The molecule has 0 atom stereocenters. The number of anilines is 1. The summed E-state index contributed by atoms with van der Waals surface area (Å²) in [6, 6.07) is 11.0. The van der Waals surface area contributed by atoms with Crippen LogP contribution in [0.4, 0.5) is 5.69 Å². The average Bonchev–Trinajstić information content (AvgIpc) is 2.63. The minimum Gasteiger partial charge on any atom is -0.492 e. The van der Waals surface area contributed by atoms with Gasteiger partial charge in [-0.1, -0.05) is 5.92 Å². The molecule has 6 heteroatoms. The highest BCUT2D eigenvalue weighted by atomic mass is 16.5. The van der Waals surface area contributed by atoms with Gasteiger partial charge in [-0.15, -0.1) is 0 Å². The Morgan fingerprint density at radius 2 is 2.00 bits per heavy atom. The number of hydrogen-bond acceptors (Lipinski definition) is 5. The first-order valence-electron chi connectivity index (χ1n) is 7.92. The summed E-state index contributed by atoms with van der Waals surface area (Å²) in [7, 11) is 1.94. The molecule has 0 saturated heterocycles. The van der Waals surface area contributed by atoms with Crippen LogP contribution in [0.3, 0.4) is 0 Å². The minimum atomic E-state index is 0.148. The van der Waals surface area contributed by atoms with E-state index in [1.54, 1.807) is 18.3 Å². The Kier molecular flexibility index (Phi) is 7.44. The fourth-order valence-electron chi connectivity index (χ4n) is 1.99. The van der Waals surface area contributed by atoms with E-state index in [9.17, 15) is 4.79 Å². The molecule has 25 heavy (non-hydrogen) atoms. The summed E-state index contributed by atoms with van der Waals surface area (Å²) in [4.78, 5) is 16.5. The van der Waals surface area contributed by atoms with Crippen LogP contribution >= 0.6 is 0 Å². The van der Waals surface area contributed by atoms with Crippen LogP contribution in [0, 0.1) is 11.8 Å². The van der Waals surface area contributed by atoms with E-state index in [2.05, 4.69) is 22.1 Å². The molecule has 2 N–H and O–H groups in total.